The fourth-order valence-electron chi connectivity index (χ4n) is 4.56. The van der Waals surface area contributed by atoms with Crippen LogP contribution in [0.25, 0.3) is 0 Å². The van der Waals surface area contributed by atoms with E-state index < -0.39 is 47.5 Å². The molecule has 1 atom stereocenters. The van der Waals surface area contributed by atoms with Gasteiger partial charge in [0.15, 0.2) is 17.3 Å². The summed E-state index contributed by atoms with van der Waals surface area (Å²) in [5, 5.41) is 21.9. The molecule has 0 unspecified atom stereocenters. The summed E-state index contributed by atoms with van der Waals surface area (Å²) >= 11 is 0. The number of Topliss-reactive ketones (excluding diaryl/α,β-unsaturated/α-hetero) is 1. The molecule has 1 heterocycles. The summed E-state index contributed by atoms with van der Waals surface area (Å²) in [6, 6.07) is 13.8. The third-order valence-electron chi connectivity index (χ3n) is 6.41. The van der Waals surface area contributed by atoms with Crippen molar-refractivity contribution in [2.75, 3.05) is 26.2 Å². The first-order chi connectivity index (χ1) is 19.4. The lowest BCUT2D eigenvalue weighted by Crippen LogP contribution is -2.75. The van der Waals surface area contributed by atoms with Crippen LogP contribution in [-0.4, -0.2) is 93.1 Å². The highest BCUT2D eigenvalue weighted by atomic mass is 16.4. The van der Waals surface area contributed by atoms with Gasteiger partial charge in [-0.25, -0.2) is 10.0 Å². The predicted molar refractivity (Wildman–Crippen MR) is 148 cm³/mol. The second-order valence-electron chi connectivity index (χ2n) is 9.12. The third-order valence-corrected chi connectivity index (χ3v) is 6.41. The van der Waals surface area contributed by atoms with Crippen LogP contribution >= 0.6 is 0 Å². The molecule has 0 aliphatic carbocycles. The Bertz CT molecular complexity index is 1380. The molecular formula is C26H31N9O6. The number of nitrogens with one attached hydrogen (secondary N) is 2. The van der Waals surface area contributed by atoms with Gasteiger partial charge < -0.3 is 32.5 Å². The number of ketones is 1. The summed E-state index contributed by atoms with van der Waals surface area (Å²) in [6.45, 7) is -0.173. The van der Waals surface area contributed by atoms with E-state index in [9.17, 15) is 29.1 Å². The predicted octanol–water partition coefficient (Wildman–Crippen LogP) is -0.781. The van der Waals surface area contributed by atoms with E-state index in [1.165, 1.54) is 36.4 Å². The van der Waals surface area contributed by atoms with Crippen LogP contribution in [0.3, 0.4) is 0 Å². The van der Waals surface area contributed by atoms with E-state index in [1.807, 2.05) is 0 Å². The molecule has 3 rings (SSSR count). The normalized spacial score (nSPS) is 16.9. The number of carboxylic acids is 1. The molecular weight excluding hydrogens is 534 g/mol. The van der Waals surface area contributed by atoms with Crippen LogP contribution in [0.15, 0.2) is 59.6 Å². The van der Waals surface area contributed by atoms with Crippen LogP contribution in [0.1, 0.15) is 34.1 Å². The molecule has 2 aromatic carbocycles. The number of amides is 3. The molecule has 3 amide bonds. The Labute approximate surface area is 235 Å². The number of aliphatic carboxylic acids is 1. The summed E-state index contributed by atoms with van der Waals surface area (Å²) in [7, 11) is 0. The summed E-state index contributed by atoms with van der Waals surface area (Å²) in [5.41, 5.74) is 15.2. The fraction of sp³-hybridized carbons (Fsp3) is 0.269. The van der Waals surface area contributed by atoms with Crippen molar-refractivity contribution in [2.24, 2.45) is 22.2 Å². The number of nitrogens with two attached hydrogens (primary N) is 3. The number of rotatable bonds is 10. The maximum atomic E-state index is 13.8. The average Bonchev–Trinajstić information content (AvgIpc) is 2.91. The number of nitrogens with zero attached hydrogens (tertiary/aromatic N) is 4. The van der Waals surface area contributed by atoms with Crippen LogP contribution in [0, 0.1) is 5.41 Å². The highest BCUT2D eigenvalue weighted by Gasteiger charge is 2.56. The molecule has 0 saturated carbocycles. The summed E-state index contributed by atoms with van der Waals surface area (Å²) in [5.74, 6) is -5.16. The van der Waals surface area contributed by atoms with Crippen LogP contribution in [0.4, 0.5) is 5.69 Å². The van der Waals surface area contributed by atoms with E-state index in [2.05, 4.69) is 10.3 Å². The van der Waals surface area contributed by atoms with Crippen LogP contribution in [-0.2, 0) is 14.4 Å². The standard InChI is InChI=1S/C26H31N9O6/c1-16(36)26(11-12-31-21(39)17-7-9-19(10-8-17)32-24(27)28)23(41)33(15-20(37)38)13-14-34(26)35(25(29)30)22(40)18-5-3-2-4-6-18/h2-10H,11-15H2,1H3,(H3,29,30)(H,31,39)(H,37,38)(H4,27,28,32)/t26-/m0/s1. The Morgan fingerprint density at radius 3 is 2.20 bits per heavy atom. The third kappa shape index (κ3) is 6.65. The average molecular weight is 566 g/mol. The SMILES string of the molecule is CC(=O)[C@@]1(CCNC(=O)c2ccc(N=C(N)N)cc2)C(=O)N(CC(=O)O)CCN1N(C(=N)N)C(=O)c1ccccc1. The summed E-state index contributed by atoms with van der Waals surface area (Å²) < 4.78 is 0. The van der Waals surface area contributed by atoms with E-state index in [1.54, 1.807) is 18.2 Å². The molecule has 0 aromatic heterocycles. The Morgan fingerprint density at radius 1 is 1.02 bits per heavy atom. The molecule has 0 spiro atoms. The number of hydrogen-bond acceptors (Lipinski definition) is 8. The Hall–Kier alpha value is -5.31. The minimum absolute atomic E-state index is 0.137. The lowest BCUT2D eigenvalue weighted by molar-refractivity contribution is -0.172. The largest absolute Gasteiger partial charge is 0.480 e. The van der Waals surface area contributed by atoms with Gasteiger partial charge in [-0.15, -0.1) is 0 Å². The number of carboxylic acid groups (broad SMARTS) is 1. The smallest absolute Gasteiger partial charge is 0.323 e. The van der Waals surface area contributed by atoms with Gasteiger partial charge in [0.05, 0.1) is 5.69 Å². The molecule has 15 nitrogen and oxygen atoms in total. The first-order valence-electron chi connectivity index (χ1n) is 12.4. The molecule has 0 bridgehead atoms. The topological polar surface area (TPSA) is 242 Å². The van der Waals surface area contributed by atoms with Crippen molar-refractivity contribution in [2.45, 2.75) is 18.9 Å². The van der Waals surface area contributed by atoms with Gasteiger partial charge in [-0.05, 0) is 43.3 Å². The Morgan fingerprint density at radius 2 is 1.66 bits per heavy atom. The fourth-order valence-corrected chi connectivity index (χ4v) is 4.56. The van der Waals surface area contributed by atoms with Crippen molar-refractivity contribution < 1.29 is 29.1 Å². The quantitative estimate of drug-likeness (QED) is 0.119. The molecule has 2 aromatic rings. The molecule has 1 fully saturated rings. The van der Waals surface area contributed by atoms with E-state index in [-0.39, 0.29) is 43.1 Å². The van der Waals surface area contributed by atoms with Crippen molar-refractivity contribution in [1.29, 1.82) is 5.41 Å². The van der Waals surface area contributed by atoms with Crippen LogP contribution in [0.5, 0.6) is 0 Å². The van der Waals surface area contributed by atoms with Crippen molar-refractivity contribution in [3.05, 3.63) is 65.7 Å². The second kappa shape index (κ2) is 12.7. The molecule has 0 radical (unpaired) electrons. The monoisotopic (exact) mass is 565 g/mol. The van der Waals surface area contributed by atoms with E-state index in [0.29, 0.717) is 5.69 Å². The first kappa shape index (κ1) is 30.2. The van der Waals surface area contributed by atoms with Crippen molar-refractivity contribution in [3.8, 4) is 0 Å². The second-order valence-corrected chi connectivity index (χ2v) is 9.12. The molecule has 41 heavy (non-hydrogen) atoms. The summed E-state index contributed by atoms with van der Waals surface area (Å²) in [6.07, 6.45) is -0.360. The molecule has 1 aliphatic rings. The van der Waals surface area contributed by atoms with Crippen molar-refractivity contribution in [3.63, 3.8) is 0 Å². The van der Waals surface area contributed by atoms with E-state index in [0.717, 1.165) is 21.8 Å². The Balaban J connectivity index is 1.95. The minimum Gasteiger partial charge on any atom is -0.480 e. The number of hydrazine groups is 1. The molecule has 1 saturated heterocycles. The minimum atomic E-state index is -2.16. The summed E-state index contributed by atoms with van der Waals surface area (Å²) in [4.78, 5) is 69.7. The highest BCUT2D eigenvalue weighted by molar-refractivity contribution is 6.12. The molecule has 15 heteroatoms. The molecule has 216 valence electrons. The van der Waals surface area contributed by atoms with Crippen LogP contribution < -0.4 is 22.5 Å². The number of aliphatic imine (C=N–C) groups is 1. The number of carbonyl (C=O) groups excluding carboxylic acids is 4. The number of hydrogen-bond donors (Lipinski definition) is 6. The number of piperazine rings is 1. The van der Waals surface area contributed by atoms with Crippen molar-refractivity contribution >= 4 is 47.1 Å². The zero-order valence-electron chi connectivity index (χ0n) is 22.2. The lowest BCUT2D eigenvalue weighted by Gasteiger charge is -2.50. The van der Waals surface area contributed by atoms with Gasteiger partial charge >= 0.3 is 5.97 Å². The number of benzene rings is 2. The van der Waals surface area contributed by atoms with Gasteiger partial charge in [-0.2, -0.15) is 5.01 Å². The van der Waals surface area contributed by atoms with Crippen LogP contribution in [0.2, 0.25) is 0 Å². The van der Waals surface area contributed by atoms with E-state index >= 15 is 0 Å². The van der Waals surface area contributed by atoms with Gasteiger partial charge in [0.2, 0.25) is 5.96 Å². The maximum absolute atomic E-state index is 13.8. The highest BCUT2D eigenvalue weighted by Crippen LogP contribution is 2.31. The number of guanidine groups is 2. The number of carbonyl (C=O) groups is 5. The van der Waals surface area contributed by atoms with Gasteiger partial charge in [0.1, 0.15) is 6.54 Å². The molecule has 9 N–H and O–H groups in total. The zero-order chi connectivity index (χ0) is 30.3. The molecule has 1 aliphatic heterocycles. The zero-order valence-corrected chi connectivity index (χ0v) is 22.2. The van der Waals surface area contributed by atoms with Crippen molar-refractivity contribution in [1.82, 2.24) is 20.2 Å². The lowest BCUT2D eigenvalue weighted by atomic mass is 9.85. The van der Waals surface area contributed by atoms with E-state index in [4.69, 9.17) is 22.6 Å². The Kier molecular flexibility index (Phi) is 9.36. The maximum Gasteiger partial charge on any atom is 0.323 e. The first-order valence-corrected chi connectivity index (χ1v) is 12.4. The van der Waals surface area contributed by atoms with Gasteiger partial charge in [0.25, 0.3) is 17.7 Å². The van der Waals surface area contributed by atoms with Gasteiger partial charge in [-0.3, -0.25) is 29.4 Å². The van der Waals surface area contributed by atoms with Gasteiger partial charge in [-0.1, -0.05) is 18.2 Å². The van der Waals surface area contributed by atoms with Gasteiger partial charge in [0, 0.05) is 37.2 Å².